The molecule has 0 bridgehead atoms. The minimum absolute atomic E-state index is 0.109. The molecule has 1 nitrogen and oxygen atoms in total. The van der Waals surface area contributed by atoms with Gasteiger partial charge in [0.05, 0.1) is 5.41 Å². The summed E-state index contributed by atoms with van der Waals surface area (Å²) in [7, 11) is 2.57. The molecule has 11 heavy (non-hydrogen) atoms. The Kier molecular flexibility index (Phi) is 1.53. The van der Waals surface area contributed by atoms with Crippen LogP contribution in [0.2, 0.25) is 0 Å². The molecule has 1 heterocycles. The molecule has 2 fully saturated rings. The third kappa shape index (κ3) is 0.874. The van der Waals surface area contributed by atoms with Crippen molar-refractivity contribution in [2.24, 2.45) is 5.41 Å². The van der Waals surface area contributed by atoms with Gasteiger partial charge in [-0.05, 0) is 6.42 Å². The Labute approximate surface area is 67.3 Å². The van der Waals surface area contributed by atoms with Crippen molar-refractivity contribution in [1.82, 2.24) is 4.90 Å². The number of nitrogens with zero attached hydrogens (tertiary/aromatic N) is 1. The van der Waals surface area contributed by atoms with Gasteiger partial charge in [-0.25, -0.2) is 8.78 Å². The van der Waals surface area contributed by atoms with Crippen LogP contribution in [0.3, 0.4) is 0 Å². The molecular weight excluding hydrogens is 167 g/mol. The van der Waals surface area contributed by atoms with Gasteiger partial charge in [-0.3, -0.25) is 4.90 Å². The summed E-state index contributed by atoms with van der Waals surface area (Å²) in [6, 6.07) is 0. The Bertz CT molecular complexity index is 177. The molecule has 0 N–H and O–H groups in total. The lowest BCUT2D eigenvalue weighted by Crippen LogP contribution is -2.69. The van der Waals surface area contributed by atoms with Gasteiger partial charge in [-0.2, -0.15) is 0 Å². The van der Waals surface area contributed by atoms with Gasteiger partial charge in [0.15, 0.2) is 0 Å². The second-order valence-electron chi connectivity index (χ2n) is 3.65. The lowest BCUT2D eigenvalue weighted by atomic mass is 9.60. The van der Waals surface area contributed by atoms with E-state index >= 15 is 0 Å². The molecule has 1 aliphatic heterocycles. The van der Waals surface area contributed by atoms with Crippen molar-refractivity contribution in [3.63, 3.8) is 0 Å². The van der Waals surface area contributed by atoms with Crippen LogP contribution in [0.15, 0.2) is 0 Å². The molecule has 2 rings (SSSR count). The van der Waals surface area contributed by atoms with Crippen LogP contribution in [0, 0.1) is 5.41 Å². The van der Waals surface area contributed by atoms with Gasteiger partial charge in [-0.1, -0.05) is 0 Å². The normalized spacial score (nSPS) is 33.0. The molecule has 0 radical (unpaired) electrons. The van der Waals surface area contributed by atoms with Crippen LogP contribution in [0.25, 0.3) is 0 Å². The predicted octanol–water partition coefficient (Wildman–Crippen LogP) is 1.55. The van der Waals surface area contributed by atoms with Crippen LogP contribution >= 0.6 is 9.24 Å². The minimum atomic E-state index is -2.36. The minimum Gasteiger partial charge on any atom is -0.298 e. The Morgan fingerprint density at radius 1 is 1.27 bits per heavy atom. The van der Waals surface area contributed by atoms with E-state index in [0.717, 1.165) is 12.7 Å². The molecule has 1 unspecified atom stereocenters. The second-order valence-corrected chi connectivity index (χ2v) is 4.02. The summed E-state index contributed by atoms with van der Waals surface area (Å²) in [5.41, 5.74) is -0.608. The molecule has 2 aliphatic rings. The fraction of sp³-hybridized carbons (Fsp3) is 1.00. The Hall–Kier alpha value is 0.250. The standard InChI is InChI=1S/C7H12F2NP/c8-7(9)2-1-6(7)3-10(4-6)5-11/h1-5,11H2. The van der Waals surface area contributed by atoms with E-state index in [1.165, 1.54) is 0 Å². The van der Waals surface area contributed by atoms with E-state index in [2.05, 4.69) is 9.24 Å². The van der Waals surface area contributed by atoms with Crippen molar-refractivity contribution >= 4 is 9.24 Å². The van der Waals surface area contributed by atoms with E-state index in [9.17, 15) is 8.78 Å². The van der Waals surface area contributed by atoms with Crippen LogP contribution in [-0.4, -0.2) is 30.2 Å². The first-order chi connectivity index (χ1) is 5.10. The second kappa shape index (κ2) is 2.14. The summed E-state index contributed by atoms with van der Waals surface area (Å²) >= 11 is 0. The van der Waals surface area contributed by atoms with Crippen LogP contribution in [0.1, 0.15) is 12.8 Å². The SMILES string of the molecule is FC1(F)CCC12CN(CP)C2. The smallest absolute Gasteiger partial charge is 0.256 e. The van der Waals surface area contributed by atoms with E-state index in [1.807, 2.05) is 4.90 Å². The van der Waals surface area contributed by atoms with Gasteiger partial charge in [0.1, 0.15) is 0 Å². The first-order valence-electron chi connectivity index (χ1n) is 3.90. The van der Waals surface area contributed by atoms with Gasteiger partial charge in [0.25, 0.3) is 5.92 Å². The maximum Gasteiger partial charge on any atom is 0.256 e. The van der Waals surface area contributed by atoms with Gasteiger partial charge in [-0.15, -0.1) is 9.24 Å². The Morgan fingerprint density at radius 3 is 2.18 bits per heavy atom. The van der Waals surface area contributed by atoms with Gasteiger partial charge in [0.2, 0.25) is 0 Å². The van der Waals surface area contributed by atoms with E-state index in [0.29, 0.717) is 13.1 Å². The van der Waals surface area contributed by atoms with Crippen LogP contribution in [0.5, 0.6) is 0 Å². The molecule has 64 valence electrons. The summed E-state index contributed by atoms with van der Waals surface area (Å²) < 4.78 is 25.8. The summed E-state index contributed by atoms with van der Waals surface area (Å²) in [5, 5.41) is 0. The first-order valence-corrected chi connectivity index (χ1v) is 4.72. The number of likely N-dealkylation sites (tertiary alicyclic amines) is 1. The van der Waals surface area contributed by atoms with Crippen LogP contribution < -0.4 is 0 Å². The third-order valence-electron chi connectivity index (χ3n) is 3.00. The molecular formula is C7H12F2NP. The average molecular weight is 179 g/mol. The van der Waals surface area contributed by atoms with E-state index < -0.39 is 11.3 Å². The molecule has 1 spiro atoms. The Morgan fingerprint density at radius 2 is 1.91 bits per heavy atom. The fourth-order valence-electron chi connectivity index (χ4n) is 2.00. The number of alkyl halides is 2. The largest absolute Gasteiger partial charge is 0.298 e. The first kappa shape index (κ1) is 7.88. The van der Waals surface area contributed by atoms with Gasteiger partial charge in [0, 0.05) is 25.8 Å². The van der Waals surface area contributed by atoms with Crippen molar-refractivity contribution in [3.8, 4) is 0 Å². The number of rotatable bonds is 1. The van der Waals surface area contributed by atoms with Gasteiger partial charge < -0.3 is 0 Å². The van der Waals surface area contributed by atoms with Crippen LogP contribution in [0.4, 0.5) is 8.78 Å². The number of hydrogen-bond acceptors (Lipinski definition) is 1. The summed E-state index contributed by atoms with van der Waals surface area (Å²) in [6.07, 6.45) is 1.66. The van der Waals surface area contributed by atoms with Crippen molar-refractivity contribution in [2.75, 3.05) is 19.4 Å². The van der Waals surface area contributed by atoms with Crippen LogP contribution in [-0.2, 0) is 0 Å². The zero-order chi connectivity index (χ0) is 8.11. The summed E-state index contributed by atoms with van der Waals surface area (Å²) in [4.78, 5) is 2.04. The van der Waals surface area contributed by atoms with Crippen molar-refractivity contribution in [2.45, 2.75) is 18.8 Å². The van der Waals surface area contributed by atoms with E-state index in [4.69, 9.17) is 0 Å². The third-order valence-corrected chi connectivity index (χ3v) is 3.52. The van der Waals surface area contributed by atoms with E-state index in [-0.39, 0.29) is 6.42 Å². The lowest BCUT2D eigenvalue weighted by Gasteiger charge is -2.59. The highest BCUT2D eigenvalue weighted by Gasteiger charge is 2.66. The monoisotopic (exact) mass is 179 g/mol. The summed E-state index contributed by atoms with van der Waals surface area (Å²) in [5.74, 6) is -2.36. The molecule has 1 saturated heterocycles. The molecule has 1 saturated carbocycles. The average Bonchev–Trinajstić information content (AvgIpc) is 1.84. The molecule has 0 amide bonds. The topological polar surface area (TPSA) is 3.24 Å². The molecule has 0 aromatic heterocycles. The highest BCUT2D eigenvalue weighted by atomic mass is 31.0. The number of halogens is 2. The molecule has 0 aromatic carbocycles. The highest BCUT2D eigenvalue weighted by molar-refractivity contribution is 7.16. The molecule has 1 aliphatic carbocycles. The van der Waals surface area contributed by atoms with Crippen molar-refractivity contribution in [3.05, 3.63) is 0 Å². The van der Waals surface area contributed by atoms with E-state index in [1.54, 1.807) is 0 Å². The predicted molar refractivity (Wildman–Crippen MR) is 42.8 cm³/mol. The Balaban J connectivity index is 1.97. The van der Waals surface area contributed by atoms with Gasteiger partial charge >= 0.3 is 0 Å². The zero-order valence-corrected chi connectivity index (χ0v) is 7.47. The van der Waals surface area contributed by atoms with Crippen molar-refractivity contribution < 1.29 is 8.78 Å². The summed E-state index contributed by atoms with van der Waals surface area (Å²) in [6.45, 7) is 1.20. The number of hydrogen-bond donors (Lipinski definition) is 0. The molecule has 1 atom stereocenters. The highest BCUT2D eigenvalue weighted by Crippen LogP contribution is 2.58. The quantitative estimate of drug-likeness (QED) is 0.552. The maximum absolute atomic E-state index is 12.9. The fourth-order valence-corrected chi connectivity index (χ4v) is 2.25. The molecule has 0 aromatic rings. The lowest BCUT2D eigenvalue weighted by molar-refractivity contribution is -0.255. The van der Waals surface area contributed by atoms with Crippen molar-refractivity contribution in [1.29, 1.82) is 0 Å². The zero-order valence-electron chi connectivity index (χ0n) is 6.32. The maximum atomic E-state index is 12.9. The molecule has 4 heteroatoms.